The van der Waals surface area contributed by atoms with Crippen LogP contribution in [0.5, 0.6) is 5.75 Å². The fourth-order valence-corrected chi connectivity index (χ4v) is 2.87. The van der Waals surface area contributed by atoms with Gasteiger partial charge in [-0.15, -0.1) is 5.10 Å². The van der Waals surface area contributed by atoms with E-state index in [-0.39, 0.29) is 0 Å². The maximum atomic E-state index is 5.84. The third-order valence-electron chi connectivity index (χ3n) is 3.04. The summed E-state index contributed by atoms with van der Waals surface area (Å²) in [5.41, 5.74) is 0.956. The first-order chi connectivity index (χ1) is 11.3. The van der Waals surface area contributed by atoms with Gasteiger partial charge in [0.05, 0.1) is 12.3 Å². The van der Waals surface area contributed by atoms with Gasteiger partial charge < -0.3 is 4.74 Å². The first kappa shape index (κ1) is 15.8. The number of nitrogens with zero attached hydrogens (tertiary/aromatic N) is 4. The van der Waals surface area contributed by atoms with Crippen molar-refractivity contribution >= 4 is 23.4 Å². The minimum absolute atomic E-state index is 0.640. The number of hydrogen-bond acceptors (Lipinski definition) is 5. The van der Waals surface area contributed by atoms with Crippen LogP contribution in [0.15, 0.2) is 59.8 Å². The molecule has 23 heavy (non-hydrogen) atoms. The van der Waals surface area contributed by atoms with E-state index < -0.39 is 0 Å². The molecule has 5 nitrogen and oxygen atoms in total. The minimum atomic E-state index is 0.640. The molecule has 2 aromatic carbocycles. The number of para-hydroxylation sites is 1. The van der Waals surface area contributed by atoms with Crippen LogP contribution in [0.1, 0.15) is 6.42 Å². The highest BCUT2D eigenvalue weighted by atomic mass is 35.5. The van der Waals surface area contributed by atoms with E-state index in [0.717, 1.165) is 28.8 Å². The molecule has 7 heteroatoms. The molecule has 0 spiro atoms. The van der Waals surface area contributed by atoms with Crippen LogP contribution in [0.2, 0.25) is 5.02 Å². The van der Waals surface area contributed by atoms with E-state index in [2.05, 4.69) is 15.5 Å². The molecule has 0 aliphatic rings. The predicted octanol–water partition coefficient (Wildman–Crippen LogP) is 3.88. The minimum Gasteiger partial charge on any atom is -0.494 e. The summed E-state index contributed by atoms with van der Waals surface area (Å²) in [6.45, 7) is 0.640. The Morgan fingerprint density at radius 1 is 1.04 bits per heavy atom. The summed E-state index contributed by atoms with van der Waals surface area (Å²) in [5.74, 6) is 1.70. The van der Waals surface area contributed by atoms with Gasteiger partial charge >= 0.3 is 0 Å². The van der Waals surface area contributed by atoms with Crippen molar-refractivity contribution in [1.82, 2.24) is 20.2 Å². The maximum absolute atomic E-state index is 5.84. The number of ether oxygens (including phenoxy) is 1. The van der Waals surface area contributed by atoms with Crippen LogP contribution in [0.3, 0.4) is 0 Å². The Balaban J connectivity index is 1.46. The molecule has 0 aliphatic heterocycles. The number of aromatic nitrogens is 4. The SMILES string of the molecule is Clc1ccc(OCCCSc2nnnn2-c2ccccc2)cc1. The molecule has 3 rings (SSSR count). The van der Waals surface area contributed by atoms with Gasteiger partial charge in [-0.2, -0.15) is 4.68 Å². The molecule has 0 fully saturated rings. The second kappa shape index (κ2) is 7.99. The summed E-state index contributed by atoms with van der Waals surface area (Å²) in [6.07, 6.45) is 0.898. The van der Waals surface area contributed by atoms with E-state index in [1.807, 2.05) is 54.6 Å². The predicted molar refractivity (Wildman–Crippen MR) is 91.4 cm³/mol. The molecule has 0 radical (unpaired) electrons. The topological polar surface area (TPSA) is 52.8 Å². The Labute approximate surface area is 143 Å². The second-order valence-corrected chi connectivity index (χ2v) is 6.21. The molecule has 0 saturated heterocycles. The summed E-state index contributed by atoms with van der Waals surface area (Å²) in [7, 11) is 0. The van der Waals surface area contributed by atoms with Crippen LogP contribution in [-0.4, -0.2) is 32.6 Å². The lowest BCUT2D eigenvalue weighted by Crippen LogP contribution is -2.01. The fourth-order valence-electron chi connectivity index (χ4n) is 1.94. The van der Waals surface area contributed by atoms with Crippen molar-refractivity contribution < 1.29 is 4.74 Å². The van der Waals surface area contributed by atoms with Gasteiger partial charge in [0.2, 0.25) is 5.16 Å². The Bertz CT molecular complexity index is 733. The second-order valence-electron chi connectivity index (χ2n) is 4.71. The molecular weight excluding hydrogens is 332 g/mol. The van der Waals surface area contributed by atoms with Crippen LogP contribution in [-0.2, 0) is 0 Å². The highest BCUT2D eigenvalue weighted by Crippen LogP contribution is 2.19. The van der Waals surface area contributed by atoms with Gasteiger partial charge in [0.25, 0.3) is 0 Å². The molecule has 0 aliphatic carbocycles. The summed E-state index contributed by atoms with van der Waals surface area (Å²) in [6, 6.07) is 17.2. The largest absolute Gasteiger partial charge is 0.494 e. The molecule has 0 N–H and O–H groups in total. The van der Waals surface area contributed by atoms with E-state index in [4.69, 9.17) is 16.3 Å². The summed E-state index contributed by atoms with van der Waals surface area (Å²) in [4.78, 5) is 0. The van der Waals surface area contributed by atoms with Gasteiger partial charge in [0.15, 0.2) is 0 Å². The van der Waals surface area contributed by atoms with Crippen LogP contribution < -0.4 is 4.74 Å². The number of halogens is 1. The highest BCUT2D eigenvalue weighted by molar-refractivity contribution is 7.99. The zero-order chi connectivity index (χ0) is 15.9. The lowest BCUT2D eigenvalue weighted by molar-refractivity contribution is 0.318. The molecular formula is C16H15ClN4OS. The molecule has 0 amide bonds. The van der Waals surface area contributed by atoms with Crippen molar-refractivity contribution in [3.05, 3.63) is 59.6 Å². The van der Waals surface area contributed by atoms with Crippen molar-refractivity contribution in [3.63, 3.8) is 0 Å². The van der Waals surface area contributed by atoms with Crippen molar-refractivity contribution in [2.24, 2.45) is 0 Å². The summed E-state index contributed by atoms with van der Waals surface area (Å²) >= 11 is 7.45. The molecule has 1 aromatic heterocycles. The molecule has 0 atom stereocenters. The smallest absolute Gasteiger partial charge is 0.214 e. The van der Waals surface area contributed by atoms with Crippen molar-refractivity contribution in [2.45, 2.75) is 11.6 Å². The van der Waals surface area contributed by atoms with Crippen molar-refractivity contribution in [3.8, 4) is 11.4 Å². The average molecular weight is 347 g/mol. The Hall–Kier alpha value is -2.05. The van der Waals surface area contributed by atoms with Gasteiger partial charge in [-0.25, -0.2) is 0 Å². The Morgan fingerprint density at radius 2 is 1.83 bits per heavy atom. The van der Waals surface area contributed by atoms with E-state index in [0.29, 0.717) is 11.6 Å². The zero-order valence-electron chi connectivity index (χ0n) is 12.3. The number of hydrogen-bond donors (Lipinski definition) is 0. The van der Waals surface area contributed by atoms with Crippen molar-refractivity contribution in [2.75, 3.05) is 12.4 Å². The zero-order valence-corrected chi connectivity index (χ0v) is 13.9. The van der Waals surface area contributed by atoms with E-state index in [1.165, 1.54) is 0 Å². The lowest BCUT2D eigenvalue weighted by Gasteiger charge is -2.06. The highest BCUT2D eigenvalue weighted by Gasteiger charge is 2.08. The molecule has 0 unspecified atom stereocenters. The number of benzene rings is 2. The molecule has 118 valence electrons. The molecule has 3 aromatic rings. The third kappa shape index (κ3) is 4.46. The summed E-state index contributed by atoms with van der Waals surface area (Å²) < 4.78 is 7.41. The normalized spacial score (nSPS) is 10.7. The Morgan fingerprint density at radius 3 is 2.61 bits per heavy atom. The van der Waals surface area contributed by atoms with Gasteiger partial charge in [0, 0.05) is 10.8 Å². The van der Waals surface area contributed by atoms with Crippen LogP contribution in [0, 0.1) is 0 Å². The lowest BCUT2D eigenvalue weighted by atomic mass is 10.3. The molecule has 0 saturated carbocycles. The van der Waals surface area contributed by atoms with Gasteiger partial charge in [-0.3, -0.25) is 0 Å². The summed E-state index contributed by atoms with van der Waals surface area (Å²) in [5, 5.41) is 13.3. The first-order valence-electron chi connectivity index (χ1n) is 7.18. The number of rotatable bonds is 7. The van der Waals surface area contributed by atoms with Crippen LogP contribution >= 0.6 is 23.4 Å². The van der Waals surface area contributed by atoms with E-state index in [9.17, 15) is 0 Å². The first-order valence-corrected chi connectivity index (χ1v) is 8.54. The quantitative estimate of drug-likeness (QED) is 0.480. The van der Waals surface area contributed by atoms with E-state index in [1.54, 1.807) is 16.4 Å². The molecule has 1 heterocycles. The fraction of sp³-hybridized carbons (Fsp3) is 0.188. The van der Waals surface area contributed by atoms with Gasteiger partial charge in [-0.1, -0.05) is 41.6 Å². The number of tetrazole rings is 1. The van der Waals surface area contributed by atoms with E-state index >= 15 is 0 Å². The standard InChI is InChI=1S/C16H15ClN4OS/c17-13-7-9-15(10-8-13)22-11-4-12-23-16-18-19-20-21(16)14-5-2-1-3-6-14/h1-3,5-10H,4,11-12H2. The van der Waals surface area contributed by atoms with Crippen LogP contribution in [0.25, 0.3) is 5.69 Å². The number of thioether (sulfide) groups is 1. The average Bonchev–Trinajstić information content (AvgIpc) is 3.05. The van der Waals surface area contributed by atoms with Gasteiger partial charge in [0.1, 0.15) is 5.75 Å². The Kier molecular flexibility index (Phi) is 5.50. The van der Waals surface area contributed by atoms with Gasteiger partial charge in [-0.05, 0) is 53.2 Å². The monoisotopic (exact) mass is 346 g/mol. The van der Waals surface area contributed by atoms with Crippen molar-refractivity contribution in [1.29, 1.82) is 0 Å². The molecule has 0 bridgehead atoms. The van der Waals surface area contributed by atoms with Crippen LogP contribution in [0.4, 0.5) is 0 Å². The maximum Gasteiger partial charge on any atom is 0.214 e. The third-order valence-corrected chi connectivity index (χ3v) is 4.30.